The van der Waals surface area contributed by atoms with Crippen LogP contribution in [0, 0.1) is 6.92 Å². The molecule has 1 atom stereocenters. The summed E-state index contributed by atoms with van der Waals surface area (Å²) in [6, 6.07) is 19.9. The van der Waals surface area contributed by atoms with Crippen LogP contribution in [0.3, 0.4) is 0 Å². The number of hydrogen-bond acceptors (Lipinski definition) is 5. The summed E-state index contributed by atoms with van der Waals surface area (Å²) < 4.78 is 10.3. The van der Waals surface area contributed by atoms with Crippen LogP contribution in [-0.4, -0.2) is 43.0 Å². The maximum atomic E-state index is 13.4. The smallest absolute Gasteiger partial charge is 0.332 e. The van der Waals surface area contributed by atoms with E-state index in [2.05, 4.69) is 5.32 Å². The molecule has 8 nitrogen and oxygen atoms in total. The highest BCUT2D eigenvalue weighted by Gasteiger charge is 2.46. The van der Waals surface area contributed by atoms with Crippen LogP contribution in [-0.2, 0) is 16.1 Å². The number of anilines is 2. The van der Waals surface area contributed by atoms with E-state index in [-0.39, 0.29) is 18.9 Å². The molecule has 35 heavy (non-hydrogen) atoms. The van der Waals surface area contributed by atoms with Crippen molar-refractivity contribution in [3.63, 3.8) is 0 Å². The number of aryl methyl sites for hydroxylation is 1. The number of methoxy groups -OCH3 is 2. The van der Waals surface area contributed by atoms with Crippen molar-refractivity contribution in [2.75, 3.05) is 24.4 Å². The minimum atomic E-state index is -0.941. The number of amides is 4. The Morgan fingerprint density at radius 1 is 0.914 bits per heavy atom. The second kappa shape index (κ2) is 10.3. The molecule has 0 bridgehead atoms. The van der Waals surface area contributed by atoms with Crippen LogP contribution >= 0.6 is 0 Å². The van der Waals surface area contributed by atoms with E-state index in [0.29, 0.717) is 22.9 Å². The van der Waals surface area contributed by atoms with Gasteiger partial charge in [0.1, 0.15) is 17.5 Å². The lowest BCUT2D eigenvalue weighted by atomic mass is 10.1. The molecule has 180 valence electrons. The summed E-state index contributed by atoms with van der Waals surface area (Å²) in [7, 11) is 3.14. The van der Waals surface area contributed by atoms with Gasteiger partial charge in [0, 0.05) is 12.2 Å². The molecule has 4 amide bonds. The Bertz CT molecular complexity index is 1220. The molecule has 1 heterocycles. The predicted molar refractivity (Wildman–Crippen MR) is 133 cm³/mol. The van der Waals surface area contributed by atoms with Crippen LogP contribution in [0.1, 0.15) is 17.5 Å². The summed E-state index contributed by atoms with van der Waals surface area (Å²) in [6.45, 7) is 2.07. The van der Waals surface area contributed by atoms with E-state index >= 15 is 0 Å². The van der Waals surface area contributed by atoms with E-state index < -0.39 is 18.0 Å². The molecule has 1 saturated heterocycles. The zero-order valence-corrected chi connectivity index (χ0v) is 19.9. The average molecular weight is 474 g/mol. The van der Waals surface area contributed by atoms with Gasteiger partial charge in [0.2, 0.25) is 5.91 Å². The first-order valence-electron chi connectivity index (χ1n) is 11.2. The van der Waals surface area contributed by atoms with Crippen LogP contribution < -0.4 is 19.7 Å². The Hall–Kier alpha value is -4.33. The van der Waals surface area contributed by atoms with Crippen molar-refractivity contribution in [3.05, 3.63) is 83.9 Å². The number of ether oxygens (including phenoxy) is 2. The standard InChI is InChI=1S/C27H27N3O5/c1-18-5-4-6-21(15-18)30-26(32)24(16-25(31)28-20-9-13-23(35-3)14-10-20)29(27(30)33)17-19-7-11-22(34-2)12-8-19/h4-15,24H,16-17H2,1-3H3,(H,28,31). The van der Waals surface area contributed by atoms with Gasteiger partial charge in [-0.25, -0.2) is 9.69 Å². The maximum absolute atomic E-state index is 13.4. The fourth-order valence-corrected chi connectivity index (χ4v) is 4.01. The lowest BCUT2D eigenvalue weighted by Crippen LogP contribution is -2.37. The first-order chi connectivity index (χ1) is 16.9. The molecule has 1 aliphatic heterocycles. The molecule has 8 heteroatoms. The summed E-state index contributed by atoms with van der Waals surface area (Å²) >= 11 is 0. The lowest BCUT2D eigenvalue weighted by Gasteiger charge is -2.22. The Balaban J connectivity index is 1.58. The van der Waals surface area contributed by atoms with Crippen LogP contribution in [0.2, 0.25) is 0 Å². The van der Waals surface area contributed by atoms with E-state index in [9.17, 15) is 14.4 Å². The van der Waals surface area contributed by atoms with Gasteiger partial charge >= 0.3 is 6.03 Å². The van der Waals surface area contributed by atoms with E-state index in [4.69, 9.17) is 9.47 Å². The molecule has 0 aromatic heterocycles. The van der Waals surface area contributed by atoms with Crippen LogP contribution in [0.15, 0.2) is 72.8 Å². The zero-order chi connectivity index (χ0) is 24.9. The van der Waals surface area contributed by atoms with Gasteiger partial charge in [-0.05, 0) is 66.6 Å². The third-order valence-electron chi connectivity index (χ3n) is 5.84. The molecular weight excluding hydrogens is 446 g/mol. The van der Waals surface area contributed by atoms with Crippen LogP contribution in [0.4, 0.5) is 16.2 Å². The molecule has 1 fully saturated rings. The molecule has 0 radical (unpaired) electrons. The van der Waals surface area contributed by atoms with E-state index in [0.717, 1.165) is 16.0 Å². The first kappa shape index (κ1) is 23.8. The van der Waals surface area contributed by atoms with Crippen molar-refractivity contribution in [2.45, 2.75) is 25.9 Å². The predicted octanol–water partition coefficient (Wildman–Crippen LogP) is 4.38. The molecule has 3 aromatic carbocycles. The lowest BCUT2D eigenvalue weighted by molar-refractivity contribution is -0.124. The summed E-state index contributed by atoms with van der Waals surface area (Å²) in [5.74, 6) is 0.555. The van der Waals surface area contributed by atoms with Gasteiger partial charge in [-0.1, -0.05) is 24.3 Å². The average Bonchev–Trinajstić information content (AvgIpc) is 3.08. The van der Waals surface area contributed by atoms with Crippen LogP contribution in [0.25, 0.3) is 0 Å². The van der Waals surface area contributed by atoms with Gasteiger partial charge < -0.3 is 19.7 Å². The molecular formula is C27H27N3O5. The van der Waals surface area contributed by atoms with Gasteiger partial charge in [0.05, 0.1) is 26.3 Å². The second-order valence-corrected chi connectivity index (χ2v) is 8.27. The zero-order valence-electron chi connectivity index (χ0n) is 19.9. The number of nitrogens with one attached hydrogen (secondary N) is 1. The number of nitrogens with zero attached hydrogens (tertiary/aromatic N) is 2. The number of carbonyl (C=O) groups excluding carboxylic acids is 3. The number of rotatable bonds is 8. The van der Waals surface area contributed by atoms with Crippen molar-refractivity contribution < 1.29 is 23.9 Å². The Labute approximate surface area is 204 Å². The van der Waals surface area contributed by atoms with Crippen molar-refractivity contribution in [1.82, 2.24) is 4.90 Å². The third kappa shape index (κ3) is 5.27. The van der Waals surface area contributed by atoms with Gasteiger partial charge in [0.25, 0.3) is 5.91 Å². The minimum absolute atomic E-state index is 0.172. The Morgan fingerprint density at radius 2 is 1.54 bits per heavy atom. The van der Waals surface area contributed by atoms with Gasteiger partial charge in [0.15, 0.2) is 0 Å². The molecule has 3 aromatic rings. The molecule has 1 N–H and O–H groups in total. The number of imide groups is 1. The highest BCUT2D eigenvalue weighted by atomic mass is 16.5. The summed E-state index contributed by atoms with van der Waals surface area (Å²) in [5.41, 5.74) is 2.80. The van der Waals surface area contributed by atoms with E-state index in [1.165, 1.54) is 4.90 Å². The third-order valence-corrected chi connectivity index (χ3v) is 5.84. The highest BCUT2D eigenvalue weighted by Crippen LogP contribution is 2.29. The summed E-state index contributed by atoms with van der Waals surface area (Å²) in [6.07, 6.45) is -0.172. The van der Waals surface area contributed by atoms with Crippen molar-refractivity contribution in [1.29, 1.82) is 0 Å². The van der Waals surface area contributed by atoms with Crippen molar-refractivity contribution >= 4 is 29.2 Å². The highest BCUT2D eigenvalue weighted by molar-refractivity contribution is 6.22. The van der Waals surface area contributed by atoms with E-state index in [1.807, 2.05) is 25.1 Å². The van der Waals surface area contributed by atoms with E-state index in [1.54, 1.807) is 68.8 Å². The number of carbonyl (C=O) groups is 3. The fourth-order valence-electron chi connectivity index (χ4n) is 4.01. The normalized spacial score (nSPS) is 15.3. The van der Waals surface area contributed by atoms with Gasteiger partial charge in [-0.3, -0.25) is 9.59 Å². The maximum Gasteiger partial charge on any atom is 0.332 e. The Morgan fingerprint density at radius 3 is 2.14 bits per heavy atom. The summed E-state index contributed by atoms with van der Waals surface area (Å²) in [5, 5.41) is 2.80. The molecule has 0 saturated carbocycles. The van der Waals surface area contributed by atoms with Gasteiger partial charge in [-0.2, -0.15) is 0 Å². The fraction of sp³-hybridized carbons (Fsp3) is 0.222. The van der Waals surface area contributed by atoms with Gasteiger partial charge in [-0.15, -0.1) is 0 Å². The van der Waals surface area contributed by atoms with Crippen molar-refractivity contribution in [2.24, 2.45) is 0 Å². The monoisotopic (exact) mass is 473 g/mol. The number of urea groups is 1. The molecule has 4 rings (SSSR count). The largest absolute Gasteiger partial charge is 0.497 e. The number of benzene rings is 3. The quantitative estimate of drug-likeness (QED) is 0.491. The SMILES string of the molecule is COc1ccc(CN2C(=O)N(c3cccc(C)c3)C(=O)C2CC(=O)Nc2ccc(OC)cc2)cc1. The summed E-state index contributed by atoms with van der Waals surface area (Å²) in [4.78, 5) is 42.4. The molecule has 0 spiro atoms. The van der Waals surface area contributed by atoms with Crippen molar-refractivity contribution in [3.8, 4) is 11.5 Å². The molecule has 0 aliphatic carbocycles. The first-order valence-corrected chi connectivity index (χ1v) is 11.2. The molecule has 1 unspecified atom stereocenters. The topological polar surface area (TPSA) is 88.2 Å². The second-order valence-electron chi connectivity index (χ2n) is 8.27. The molecule has 1 aliphatic rings. The minimum Gasteiger partial charge on any atom is -0.497 e. The van der Waals surface area contributed by atoms with Crippen LogP contribution in [0.5, 0.6) is 11.5 Å². The Kier molecular flexibility index (Phi) is 7.01. The number of hydrogen-bond donors (Lipinski definition) is 1.